The summed E-state index contributed by atoms with van der Waals surface area (Å²) in [6.45, 7) is 4.21. The Morgan fingerprint density at radius 2 is 1.38 bits per heavy atom. The van der Waals surface area contributed by atoms with E-state index in [1.807, 2.05) is 6.07 Å². The number of rotatable bonds is 18. The molecular weight excluding hydrogens is 358 g/mol. The molecule has 0 aliphatic carbocycles. The highest BCUT2D eigenvalue weighted by atomic mass is 16.3. The minimum absolute atomic E-state index is 0.0346. The summed E-state index contributed by atoms with van der Waals surface area (Å²) < 4.78 is 0. The number of hydrogen-bond donors (Lipinski definition) is 3. The van der Waals surface area contributed by atoms with Gasteiger partial charge in [-0.1, -0.05) is 75.8 Å². The van der Waals surface area contributed by atoms with E-state index in [1.165, 1.54) is 70.6 Å². The number of benzene rings is 1. The fraction of sp³-hybridized carbons (Fsp3) is 0.615. The third-order valence-corrected chi connectivity index (χ3v) is 5.18. The van der Waals surface area contributed by atoms with Crippen LogP contribution in [0.1, 0.15) is 89.5 Å². The van der Waals surface area contributed by atoms with Gasteiger partial charge >= 0.3 is 0 Å². The second-order valence-corrected chi connectivity index (χ2v) is 7.91. The lowest BCUT2D eigenvalue weighted by Gasteiger charge is -2.06. The van der Waals surface area contributed by atoms with Crippen molar-refractivity contribution in [3.05, 3.63) is 48.1 Å². The van der Waals surface area contributed by atoms with E-state index in [4.69, 9.17) is 0 Å². The number of aromatic hydroxyl groups is 2. The monoisotopic (exact) mass is 401 g/mol. The van der Waals surface area contributed by atoms with Crippen LogP contribution >= 0.6 is 0 Å². The number of allylic oxidation sites excluding steroid dienone is 4. The van der Waals surface area contributed by atoms with Gasteiger partial charge < -0.3 is 15.5 Å². The summed E-state index contributed by atoms with van der Waals surface area (Å²) >= 11 is 0. The SMILES string of the molecule is CCCCC/C=C/C/C=C/CCCCCCCCNCCc1ccc(O)c(O)c1. The van der Waals surface area contributed by atoms with Crippen LogP contribution in [0.25, 0.3) is 0 Å². The van der Waals surface area contributed by atoms with E-state index in [0.717, 1.165) is 31.5 Å². The molecule has 1 aromatic rings. The van der Waals surface area contributed by atoms with Crippen LogP contribution in [0.3, 0.4) is 0 Å². The maximum atomic E-state index is 9.48. The molecule has 1 aromatic carbocycles. The molecule has 1 rings (SSSR count). The summed E-state index contributed by atoms with van der Waals surface area (Å²) in [4.78, 5) is 0. The van der Waals surface area contributed by atoms with E-state index in [9.17, 15) is 10.2 Å². The van der Waals surface area contributed by atoms with Crippen LogP contribution in [0, 0.1) is 0 Å². The molecule has 0 amide bonds. The maximum Gasteiger partial charge on any atom is 0.157 e. The first-order valence-electron chi connectivity index (χ1n) is 11.8. The topological polar surface area (TPSA) is 52.5 Å². The molecule has 0 bridgehead atoms. The van der Waals surface area contributed by atoms with Crippen LogP contribution in [0.4, 0.5) is 0 Å². The largest absolute Gasteiger partial charge is 0.504 e. The van der Waals surface area contributed by atoms with Crippen LogP contribution in [-0.4, -0.2) is 23.3 Å². The highest BCUT2D eigenvalue weighted by Gasteiger charge is 2.00. The highest BCUT2D eigenvalue weighted by molar-refractivity contribution is 5.40. The van der Waals surface area contributed by atoms with Gasteiger partial charge in [-0.25, -0.2) is 0 Å². The van der Waals surface area contributed by atoms with Crippen LogP contribution in [0.2, 0.25) is 0 Å². The van der Waals surface area contributed by atoms with Crippen molar-refractivity contribution in [3.8, 4) is 11.5 Å². The van der Waals surface area contributed by atoms with E-state index in [1.54, 1.807) is 12.1 Å². The number of nitrogens with one attached hydrogen (secondary N) is 1. The Balaban J connectivity index is 1.82. The third-order valence-electron chi connectivity index (χ3n) is 5.18. The van der Waals surface area contributed by atoms with Gasteiger partial charge in [0.2, 0.25) is 0 Å². The Morgan fingerprint density at radius 1 is 0.724 bits per heavy atom. The average molecular weight is 402 g/mol. The number of phenols is 2. The minimum atomic E-state index is -0.0527. The zero-order chi connectivity index (χ0) is 21.0. The first-order chi connectivity index (χ1) is 14.2. The molecule has 3 heteroatoms. The molecule has 0 aromatic heterocycles. The van der Waals surface area contributed by atoms with Crippen molar-refractivity contribution < 1.29 is 10.2 Å². The molecule has 29 heavy (non-hydrogen) atoms. The molecule has 0 aliphatic heterocycles. The predicted molar refractivity (Wildman–Crippen MR) is 126 cm³/mol. The Bertz CT molecular complexity index is 566. The zero-order valence-corrected chi connectivity index (χ0v) is 18.5. The van der Waals surface area contributed by atoms with Crippen LogP contribution < -0.4 is 5.32 Å². The van der Waals surface area contributed by atoms with Crippen LogP contribution in [0.15, 0.2) is 42.5 Å². The summed E-state index contributed by atoms with van der Waals surface area (Å²) in [5.41, 5.74) is 1.05. The van der Waals surface area contributed by atoms with E-state index < -0.39 is 0 Å². The molecule has 0 saturated carbocycles. The smallest absolute Gasteiger partial charge is 0.157 e. The van der Waals surface area contributed by atoms with E-state index in [2.05, 4.69) is 36.5 Å². The van der Waals surface area contributed by atoms with Crippen LogP contribution in [-0.2, 0) is 6.42 Å². The summed E-state index contributed by atoms with van der Waals surface area (Å²) in [7, 11) is 0. The number of unbranched alkanes of at least 4 members (excludes halogenated alkanes) is 9. The van der Waals surface area contributed by atoms with Crippen molar-refractivity contribution in [1.29, 1.82) is 0 Å². The standard InChI is InChI=1S/C26H43NO2/c1-2-3-4-5-6-7-8-9-10-11-12-13-14-15-16-17-21-27-22-20-24-18-19-25(28)26(29)23-24/h6-7,9-10,18-19,23,27-29H,2-5,8,11-17,20-22H2,1H3/b7-6+,10-9+. The van der Waals surface area contributed by atoms with Crippen molar-refractivity contribution in [1.82, 2.24) is 5.32 Å². The van der Waals surface area contributed by atoms with Crippen molar-refractivity contribution in [3.63, 3.8) is 0 Å². The minimum Gasteiger partial charge on any atom is -0.504 e. The van der Waals surface area contributed by atoms with E-state index in [-0.39, 0.29) is 11.5 Å². The van der Waals surface area contributed by atoms with Gasteiger partial charge in [0.05, 0.1) is 0 Å². The fourth-order valence-electron chi connectivity index (χ4n) is 3.32. The highest BCUT2D eigenvalue weighted by Crippen LogP contribution is 2.24. The lowest BCUT2D eigenvalue weighted by atomic mass is 10.1. The maximum absolute atomic E-state index is 9.48. The fourth-order valence-corrected chi connectivity index (χ4v) is 3.32. The second-order valence-electron chi connectivity index (χ2n) is 7.91. The van der Waals surface area contributed by atoms with Gasteiger partial charge in [0.25, 0.3) is 0 Å². The predicted octanol–water partition coefficient (Wildman–Crippen LogP) is 7.04. The van der Waals surface area contributed by atoms with Gasteiger partial charge in [-0.2, -0.15) is 0 Å². The van der Waals surface area contributed by atoms with Gasteiger partial charge in [-0.15, -0.1) is 0 Å². The Hall–Kier alpha value is -1.74. The first kappa shape index (κ1) is 25.3. The Labute approximate surface area is 178 Å². The van der Waals surface area contributed by atoms with E-state index in [0.29, 0.717) is 0 Å². The molecule has 0 radical (unpaired) electrons. The second kappa shape index (κ2) is 18.3. The van der Waals surface area contributed by atoms with Crippen LogP contribution in [0.5, 0.6) is 11.5 Å². The van der Waals surface area contributed by atoms with E-state index >= 15 is 0 Å². The van der Waals surface area contributed by atoms with Crippen molar-refractivity contribution in [2.24, 2.45) is 0 Å². The molecule has 0 atom stereocenters. The molecule has 0 saturated heterocycles. The van der Waals surface area contributed by atoms with Gasteiger partial charge in [0.1, 0.15) is 0 Å². The van der Waals surface area contributed by atoms with Gasteiger partial charge in [0, 0.05) is 0 Å². The number of hydrogen-bond acceptors (Lipinski definition) is 3. The molecule has 0 fully saturated rings. The molecule has 0 heterocycles. The van der Waals surface area contributed by atoms with Crippen molar-refractivity contribution >= 4 is 0 Å². The third kappa shape index (κ3) is 14.9. The molecule has 0 unspecified atom stereocenters. The summed E-state index contributed by atoms with van der Waals surface area (Å²) in [6.07, 6.45) is 25.5. The summed E-state index contributed by atoms with van der Waals surface area (Å²) in [5.74, 6) is -0.0873. The van der Waals surface area contributed by atoms with Gasteiger partial charge in [-0.05, 0) is 75.7 Å². The van der Waals surface area contributed by atoms with Gasteiger partial charge in [-0.3, -0.25) is 0 Å². The lowest BCUT2D eigenvalue weighted by molar-refractivity contribution is 0.403. The lowest BCUT2D eigenvalue weighted by Crippen LogP contribution is -2.18. The molecule has 0 aliphatic rings. The quantitative estimate of drug-likeness (QED) is 0.140. The summed E-state index contributed by atoms with van der Waals surface area (Å²) in [6, 6.07) is 5.04. The van der Waals surface area contributed by atoms with Crippen molar-refractivity contribution in [2.75, 3.05) is 13.1 Å². The zero-order valence-electron chi connectivity index (χ0n) is 18.5. The first-order valence-corrected chi connectivity index (χ1v) is 11.8. The Kier molecular flexibility index (Phi) is 16.0. The normalized spacial score (nSPS) is 11.8. The Morgan fingerprint density at radius 3 is 2.07 bits per heavy atom. The average Bonchev–Trinajstić information content (AvgIpc) is 2.72. The van der Waals surface area contributed by atoms with Gasteiger partial charge in [0.15, 0.2) is 11.5 Å². The molecule has 164 valence electrons. The molecule has 3 nitrogen and oxygen atoms in total. The van der Waals surface area contributed by atoms with Crippen molar-refractivity contribution in [2.45, 2.75) is 90.4 Å². The number of phenolic OH excluding ortho intramolecular Hbond substituents is 2. The molecule has 0 spiro atoms. The molecule has 3 N–H and O–H groups in total. The summed E-state index contributed by atoms with van der Waals surface area (Å²) in [5, 5.41) is 22.2. The molecular formula is C26H43NO2.